The number of carbonyl (C=O) groups excluding carboxylic acids is 1. The second kappa shape index (κ2) is 4.33. The van der Waals surface area contributed by atoms with E-state index in [-0.39, 0.29) is 0 Å². The van der Waals surface area contributed by atoms with Crippen molar-refractivity contribution in [1.82, 2.24) is 0 Å². The van der Waals surface area contributed by atoms with E-state index in [4.69, 9.17) is 15.9 Å². The topological polar surface area (TPSA) is 35.5 Å². The van der Waals surface area contributed by atoms with Crippen LogP contribution in [0.2, 0.25) is 0 Å². The molecule has 1 aromatic rings. The molecular weight excluding hydrogens is 180 g/mol. The molecule has 0 heterocycles. The minimum absolute atomic E-state index is 0.420. The Morgan fingerprint density at radius 2 is 1.93 bits per heavy atom. The van der Waals surface area contributed by atoms with Crippen LogP contribution in [0, 0.1) is 12.3 Å². The summed E-state index contributed by atoms with van der Waals surface area (Å²) in [5.74, 6) is 3.40. The summed E-state index contributed by atoms with van der Waals surface area (Å²) in [5, 5.41) is 0. The molecular formula is C11H10O3. The van der Waals surface area contributed by atoms with Gasteiger partial charge in [0.25, 0.3) is 0 Å². The lowest BCUT2D eigenvalue weighted by molar-refractivity contribution is 0.112. The van der Waals surface area contributed by atoms with Crippen LogP contribution >= 0.6 is 0 Å². The van der Waals surface area contributed by atoms with Crippen molar-refractivity contribution in [3.8, 4) is 23.8 Å². The van der Waals surface area contributed by atoms with Gasteiger partial charge in [-0.25, -0.2) is 0 Å². The van der Waals surface area contributed by atoms with Crippen molar-refractivity contribution in [2.75, 3.05) is 14.2 Å². The number of carbonyl (C=O) groups is 1. The van der Waals surface area contributed by atoms with E-state index in [1.54, 1.807) is 12.1 Å². The summed E-state index contributed by atoms with van der Waals surface area (Å²) in [6.45, 7) is 0. The van der Waals surface area contributed by atoms with Gasteiger partial charge in [-0.15, -0.1) is 6.42 Å². The van der Waals surface area contributed by atoms with Crippen LogP contribution in [0.5, 0.6) is 11.5 Å². The summed E-state index contributed by atoms with van der Waals surface area (Å²) in [5.41, 5.74) is 0.985. The van der Waals surface area contributed by atoms with Gasteiger partial charge in [0.05, 0.1) is 25.3 Å². The van der Waals surface area contributed by atoms with Gasteiger partial charge in [-0.05, 0) is 6.07 Å². The highest BCUT2D eigenvalue weighted by Gasteiger charge is 2.08. The van der Waals surface area contributed by atoms with Crippen molar-refractivity contribution in [3.05, 3.63) is 23.3 Å². The summed E-state index contributed by atoms with van der Waals surface area (Å²) in [6, 6.07) is 3.16. The van der Waals surface area contributed by atoms with Crippen LogP contribution in [-0.4, -0.2) is 20.5 Å². The van der Waals surface area contributed by atoms with Gasteiger partial charge in [0.15, 0.2) is 6.29 Å². The van der Waals surface area contributed by atoms with Crippen LogP contribution in [-0.2, 0) is 0 Å². The zero-order valence-electron chi connectivity index (χ0n) is 8.03. The van der Waals surface area contributed by atoms with Crippen LogP contribution in [0.1, 0.15) is 15.9 Å². The number of hydrogen-bond acceptors (Lipinski definition) is 3. The maximum absolute atomic E-state index is 10.7. The fourth-order valence-corrected chi connectivity index (χ4v) is 1.13. The molecule has 0 aliphatic carbocycles. The molecule has 0 aromatic heterocycles. The molecule has 0 radical (unpaired) electrons. The molecule has 0 fully saturated rings. The quantitative estimate of drug-likeness (QED) is 0.535. The predicted octanol–water partition coefficient (Wildman–Crippen LogP) is 1.50. The third-order valence-electron chi connectivity index (χ3n) is 1.83. The summed E-state index contributed by atoms with van der Waals surface area (Å²) >= 11 is 0. The molecule has 1 aromatic carbocycles. The number of rotatable bonds is 3. The lowest BCUT2D eigenvalue weighted by atomic mass is 10.1. The molecule has 72 valence electrons. The molecule has 0 spiro atoms. The van der Waals surface area contributed by atoms with Crippen molar-refractivity contribution in [3.63, 3.8) is 0 Å². The molecule has 0 saturated heterocycles. The summed E-state index contributed by atoms with van der Waals surface area (Å²) < 4.78 is 10.0. The Hall–Kier alpha value is -1.95. The van der Waals surface area contributed by atoms with E-state index in [1.165, 1.54) is 14.2 Å². The van der Waals surface area contributed by atoms with Gasteiger partial charge in [0, 0.05) is 6.07 Å². The van der Waals surface area contributed by atoms with Gasteiger partial charge in [0.2, 0.25) is 0 Å². The van der Waals surface area contributed by atoms with Crippen LogP contribution in [0.4, 0.5) is 0 Å². The Kier molecular flexibility index (Phi) is 3.14. The second-order valence-corrected chi connectivity index (χ2v) is 2.56. The van der Waals surface area contributed by atoms with Gasteiger partial charge >= 0.3 is 0 Å². The van der Waals surface area contributed by atoms with Crippen LogP contribution in [0.25, 0.3) is 0 Å². The fraction of sp³-hybridized carbons (Fsp3) is 0.182. The maximum Gasteiger partial charge on any atom is 0.153 e. The van der Waals surface area contributed by atoms with Crippen molar-refractivity contribution in [2.24, 2.45) is 0 Å². The van der Waals surface area contributed by atoms with Crippen molar-refractivity contribution >= 4 is 6.29 Å². The van der Waals surface area contributed by atoms with Crippen LogP contribution in [0.15, 0.2) is 12.1 Å². The summed E-state index contributed by atoms with van der Waals surface area (Å²) in [4.78, 5) is 10.7. The molecule has 0 N–H and O–H groups in total. The van der Waals surface area contributed by atoms with Crippen LogP contribution in [0.3, 0.4) is 0 Å². The Morgan fingerprint density at radius 3 is 2.36 bits per heavy atom. The standard InChI is InChI=1S/C11H10O3/c1-4-8-5-11(14-3)9(7-12)6-10(8)13-2/h1,5-7H,2-3H3. The number of hydrogen-bond donors (Lipinski definition) is 0. The molecule has 3 heteroatoms. The minimum atomic E-state index is 0.420. The Balaban J connectivity index is 3.37. The highest BCUT2D eigenvalue weighted by molar-refractivity contribution is 5.81. The van der Waals surface area contributed by atoms with E-state index < -0.39 is 0 Å². The minimum Gasteiger partial charge on any atom is -0.496 e. The average Bonchev–Trinajstić information content (AvgIpc) is 2.26. The first-order chi connectivity index (χ1) is 6.76. The Bertz CT molecular complexity index is 388. The van der Waals surface area contributed by atoms with E-state index in [2.05, 4.69) is 5.92 Å². The molecule has 0 amide bonds. The Morgan fingerprint density at radius 1 is 1.29 bits per heavy atom. The monoisotopic (exact) mass is 190 g/mol. The van der Waals surface area contributed by atoms with Gasteiger partial charge in [-0.3, -0.25) is 4.79 Å². The fourth-order valence-electron chi connectivity index (χ4n) is 1.13. The third kappa shape index (κ3) is 1.69. The number of aldehydes is 1. The number of ether oxygens (including phenoxy) is 2. The number of terminal acetylenes is 1. The molecule has 0 saturated carbocycles. The first kappa shape index (κ1) is 10.1. The zero-order valence-corrected chi connectivity index (χ0v) is 8.03. The highest BCUT2D eigenvalue weighted by Crippen LogP contribution is 2.26. The smallest absolute Gasteiger partial charge is 0.153 e. The predicted molar refractivity (Wildman–Crippen MR) is 52.9 cm³/mol. The molecule has 1 rings (SSSR count). The summed E-state index contributed by atoms with van der Waals surface area (Å²) in [7, 11) is 2.98. The SMILES string of the molecule is C#Cc1cc(OC)c(C=O)cc1OC. The molecule has 0 bridgehead atoms. The summed E-state index contributed by atoms with van der Waals surface area (Å²) in [6.07, 6.45) is 5.96. The molecule has 0 unspecified atom stereocenters. The first-order valence-electron chi connectivity index (χ1n) is 3.94. The molecule has 0 aliphatic heterocycles. The average molecular weight is 190 g/mol. The van der Waals surface area contributed by atoms with E-state index >= 15 is 0 Å². The van der Waals surface area contributed by atoms with Crippen molar-refractivity contribution < 1.29 is 14.3 Å². The van der Waals surface area contributed by atoms with Crippen molar-refractivity contribution in [2.45, 2.75) is 0 Å². The van der Waals surface area contributed by atoms with Crippen molar-refractivity contribution in [1.29, 1.82) is 0 Å². The zero-order chi connectivity index (χ0) is 10.6. The normalized spacial score (nSPS) is 8.93. The molecule has 0 aliphatic rings. The van der Waals surface area contributed by atoms with Gasteiger partial charge < -0.3 is 9.47 Å². The lowest BCUT2D eigenvalue weighted by Crippen LogP contribution is -1.95. The largest absolute Gasteiger partial charge is 0.496 e. The molecule has 0 atom stereocenters. The van der Waals surface area contributed by atoms with E-state index in [1.807, 2.05) is 0 Å². The van der Waals surface area contributed by atoms with E-state index in [0.717, 1.165) is 0 Å². The van der Waals surface area contributed by atoms with Gasteiger partial charge in [-0.1, -0.05) is 5.92 Å². The van der Waals surface area contributed by atoms with Gasteiger partial charge in [-0.2, -0.15) is 0 Å². The molecule has 14 heavy (non-hydrogen) atoms. The first-order valence-corrected chi connectivity index (χ1v) is 3.94. The maximum atomic E-state index is 10.7. The second-order valence-electron chi connectivity index (χ2n) is 2.56. The highest BCUT2D eigenvalue weighted by atomic mass is 16.5. The third-order valence-corrected chi connectivity index (χ3v) is 1.83. The molecule has 3 nitrogen and oxygen atoms in total. The number of methoxy groups -OCH3 is 2. The lowest BCUT2D eigenvalue weighted by Gasteiger charge is -2.08. The number of benzene rings is 1. The Labute approximate surface area is 82.6 Å². The van der Waals surface area contributed by atoms with E-state index in [0.29, 0.717) is 28.9 Å². The van der Waals surface area contributed by atoms with Crippen LogP contribution < -0.4 is 9.47 Å². The van der Waals surface area contributed by atoms with E-state index in [9.17, 15) is 4.79 Å². The van der Waals surface area contributed by atoms with Gasteiger partial charge in [0.1, 0.15) is 11.5 Å².